The second-order valence-electron chi connectivity index (χ2n) is 6.75. The number of ether oxygens (including phenoxy) is 1. The van der Waals surface area contributed by atoms with Crippen molar-refractivity contribution in [1.29, 1.82) is 0 Å². The summed E-state index contributed by atoms with van der Waals surface area (Å²) in [6, 6.07) is 13.1. The lowest BCUT2D eigenvalue weighted by Gasteiger charge is -2.22. The summed E-state index contributed by atoms with van der Waals surface area (Å²) >= 11 is 6.18. The van der Waals surface area contributed by atoms with E-state index in [0.717, 1.165) is 49.0 Å². The lowest BCUT2D eigenvalue weighted by Crippen LogP contribution is -2.44. The summed E-state index contributed by atoms with van der Waals surface area (Å²) in [7, 11) is 1.68. The van der Waals surface area contributed by atoms with E-state index in [2.05, 4.69) is 27.4 Å². The number of benzene rings is 2. The van der Waals surface area contributed by atoms with Gasteiger partial charge in [-0.05, 0) is 49.2 Å². The highest BCUT2D eigenvalue weighted by Crippen LogP contribution is 2.33. The van der Waals surface area contributed by atoms with Crippen LogP contribution in [0.25, 0.3) is 0 Å². The Labute approximate surface area is 171 Å². The number of hydrogen-bond donors (Lipinski definition) is 3. The van der Waals surface area contributed by atoms with E-state index < -0.39 is 0 Å². The molecular weight excluding hydrogens is 376 g/mol. The van der Waals surface area contributed by atoms with Crippen molar-refractivity contribution in [1.82, 2.24) is 10.6 Å². The summed E-state index contributed by atoms with van der Waals surface area (Å²) in [6.07, 6.45) is 0.999. The van der Waals surface area contributed by atoms with Gasteiger partial charge in [0.05, 0.1) is 19.3 Å². The normalized spacial score (nSPS) is 16.9. The Morgan fingerprint density at radius 1 is 1.29 bits per heavy atom. The molecule has 1 atom stereocenters. The van der Waals surface area contributed by atoms with Gasteiger partial charge >= 0.3 is 0 Å². The molecule has 1 heterocycles. The number of aromatic hydroxyl groups is 1. The van der Waals surface area contributed by atoms with Crippen LogP contribution in [0.15, 0.2) is 47.5 Å². The monoisotopic (exact) mass is 402 g/mol. The van der Waals surface area contributed by atoms with E-state index in [0.29, 0.717) is 11.6 Å². The fourth-order valence-electron chi connectivity index (χ4n) is 3.29. The van der Waals surface area contributed by atoms with Gasteiger partial charge in [-0.2, -0.15) is 0 Å². The Kier molecular flexibility index (Phi) is 6.87. The van der Waals surface area contributed by atoms with Gasteiger partial charge in [-0.1, -0.05) is 23.7 Å². The smallest absolute Gasteiger partial charge is 0.191 e. The highest BCUT2D eigenvalue weighted by Gasteiger charge is 2.25. The minimum absolute atomic E-state index is 0.264. The van der Waals surface area contributed by atoms with E-state index in [4.69, 9.17) is 16.3 Å². The Balaban J connectivity index is 1.64. The first-order valence-corrected chi connectivity index (χ1v) is 9.88. The van der Waals surface area contributed by atoms with Crippen LogP contribution in [0.1, 0.15) is 18.9 Å². The highest BCUT2D eigenvalue weighted by molar-refractivity contribution is 6.30. The predicted molar refractivity (Wildman–Crippen MR) is 115 cm³/mol. The second-order valence-corrected chi connectivity index (χ2v) is 7.19. The van der Waals surface area contributed by atoms with Gasteiger partial charge in [-0.25, -0.2) is 4.99 Å². The van der Waals surface area contributed by atoms with Gasteiger partial charge in [0.15, 0.2) is 5.96 Å². The second kappa shape index (κ2) is 9.55. The van der Waals surface area contributed by atoms with E-state index in [1.54, 1.807) is 19.2 Å². The minimum atomic E-state index is 0.264. The fourth-order valence-corrected chi connectivity index (χ4v) is 3.46. The SMILES string of the molecule is CCNC(=NCc1ccc(O)cc1)NC1CCN(c2cc(Cl)ccc2OC)C1. The van der Waals surface area contributed by atoms with Crippen molar-refractivity contribution >= 4 is 23.2 Å². The molecule has 0 saturated carbocycles. The Morgan fingerprint density at radius 2 is 2.07 bits per heavy atom. The number of methoxy groups -OCH3 is 1. The molecule has 3 rings (SSSR count). The molecule has 150 valence electrons. The van der Waals surface area contributed by atoms with E-state index in [-0.39, 0.29) is 11.8 Å². The molecule has 1 unspecified atom stereocenters. The molecule has 1 aliphatic rings. The lowest BCUT2D eigenvalue weighted by atomic mass is 10.2. The molecule has 2 aromatic carbocycles. The van der Waals surface area contributed by atoms with Crippen LogP contribution in [0.5, 0.6) is 11.5 Å². The molecule has 0 amide bonds. The number of rotatable bonds is 6. The minimum Gasteiger partial charge on any atom is -0.508 e. The van der Waals surface area contributed by atoms with Crippen LogP contribution in [0.3, 0.4) is 0 Å². The van der Waals surface area contributed by atoms with Crippen molar-refractivity contribution in [3.8, 4) is 11.5 Å². The van der Waals surface area contributed by atoms with Crippen molar-refractivity contribution < 1.29 is 9.84 Å². The fraction of sp³-hybridized carbons (Fsp3) is 0.381. The van der Waals surface area contributed by atoms with Gasteiger partial charge in [0, 0.05) is 30.7 Å². The van der Waals surface area contributed by atoms with Crippen molar-refractivity contribution in [2.45, 2.75) is 25.9 Å². The van der Waals surface area contributed by atoms with Gasteiger partial charge in [0.1, 0.15) is 11.5 Å². The number of hydrogen-bond acceptors (Lipinski definition) is 4. The van der Waals surface area contributed by atoms with Crippen LogP contribution in [0.4, 0.5) is 5.69 Å². The molecule has 0 aliphatic carbocycles. The van der Waals surface area contributed by atoms with Crippen molar-refractivity contribution in [2.75, 3.05) is 31.6 Å². The Hall–Kier alpha value is -2.60. The number of anilines is 1. The molecule has 28 heavy (non-hydrogen) atoms. The predicted octanol–water partition coefficient (Wildman–Crippen LogP) is 3.39. The molecule has 0 spiro atoms. The van der Waals surface area contributed by atoms with E-state index in [9.17, 15) is 5.11 Å². The van der Waals surface area contributed by atoms with Crippen LogP contribution in [-0.4, -0.2) is 43.9 Å². The van der Waals surface area contributed by atoms with Gasteiger partial charge in [-0.3, -0.25) is 0 Å². The topological polar surface area (TPSA) is 69.1 Å². The Morgan fingerprint density at radius 3 is 2.79 bits per heavy atom. The van der Waals surface area contributed by atoms with E-state index in [1.807, 2.05) is 30.3 Å². The number of nitrogens with zero attached hydrogens (tertiary/aromatic N) is 2. The van der Waals surface area contributed by atoms with Gasteiger partial charge in [0.2, 0.25) is 0 Å². The van der Waals surface area contributed by atoms with Crippen LogP contribution in [0.2, 0.25) is 5.02 Å². The molecule has 7 heteroatoms. The summed E-state index contributed by atoms with van der Waals surface area (Å²) in [5.41, 5.74) is 2.07. The van der Waals surface area contributed by atoms with Gasteiger partial charge in [0.25, 0.3) is 0 Å². The van der Waals surface area contributed by atoms with E-state index >= 15 is 0 Å². The van der Waals surface area contributed by atoms with E-state index in [1.165, 1.54) is 0 Å². The van der Waals surface area contributed by atoms with Crippen molar-refractivity contribution in [3.05, 3.63) is 53.1 Å². The zero-order valence-electron chi connectivity index (χ0n) is 16.3. The number of aliphatic imine (C=N–C) groups is 1. The molecule has 1 saturated heterocycles. The first-order valence-electron chi connectivity index (χ1n) is 9.50. The molecule has 6 nitrogen and oxygen atoms in total. The first kappa shape index (κ1) is 20.1. The lowest BCUT2D eigenvalue weighted by molar-refractivity contribution is 0.415. The number of nitrogens with one attached hydrogen (secondary N) is 2. The third kappa shape index (κ3) is 5.23. The number of halogens is 1. The third-order valence-corrected chi connectivity index (χ3v) is 4.95. The largest absolute Gasteiger partial charge is 0.508 e. The maximum absolute atomic E-state index is 9.40. The summed E-state index contributed by atoms with van der Waals surface area (Å²) in [4.78, 5) is 6.95. The molecule has 1 fully saturated rings. The molecule has 3 N–H and O–H groups in total. The molecule has 2 aromatic rings. The molecule has 0 bridgehead atoms. The summed E-state index contributed by atoms with van der Waals surface area (Å²) in [5, 5.41) is 16.9. The molecule has 0 aromatic heterocycles. The van der Waals surface area contributed by atoms with Crippen LogP contribution in [0, 0.1) is 0 Å². The maximum Gasteiger partial charge on any atom is 0.191 e. The standard InChI is InChI=1S/C21H27ClN4O2/c1-3-23-21(24-13-15-4-7-18(27)8-5-15)25-17-10-11-26(14-17)19-12-16(22)6-9-20(19)28-2/h4-9,12,17,27H,3,10-11,13-14H2,1-2H3,(H2,23,24,25). The zero-order valence-corrected chi connectivity index (χ0v) is 17.0. The van der Waals surface area contributed by atoms with Crippen molar-refractivity contribution in [2.24, 2.45) is 4.99 Å². The summed E-state index contributed by atoms with van der Waals surface area (Å²) in [6.45, 7) is 5.16. The summed E-state index contributed by atoms with van der Waals surface area (Å²) in [5.74, 6) is 1.89. The third-order valence-electron chi connectivity index (χ3n) is 4.71. The quantitative estimate of drug-likeness (QED) is 0.510. The van der Waals surface area contributed by atoms with Crippen LogP contribution in [-0.2, 0) is 6.54 Å². The average molecular weight is 403 g/mol. The molecular formula is C21H27ClN4O2. The number of phenols is 1. The Bertz CT molecular complexity index is 811. The average Bonchev–Trinajstić information content (AvgIpc) is 3.16. The van der Waals surface area contributed by atoms with Crippen molar-refractivity contribution in [3.63, 3.8) is 0 Å². The first-order chi connectivity index (χ1) is 13.6. The zero-order chi connectivity index (χ0) is 19.9. The van der Waals surface area contributed by atoms with Gasteiger partial charge < -0.3 is 25.4 Å². The van der Waals surface area contributed by atoms with Crippen LogP contribution < -0.4 is 20.3 Å². The summed E-state index contributed by atoms with van der Waals surface area (Å²) < 4.78 is 5.49. The van der Waals surface area contributed by atoms with Gasteiger partial charge in [-0.15, -0.1) is 0 Å². The molecule has 1 aliphatic heterocycles. The maximum atomic E-state index is 9.40. The number of phenolic OH excluding ortho intramolecular Hbond substituents is 1. The van der Waals surface area contributed by atoms with Crippen LogP contribution >= 0.6 is 11.6 Å². The highest BCUT2D eigenvalue weighted by atomic mass is 35.5. The molecule has 0 radical (unpaired) electrons. The number of guanidine groups is 1.